The Balaban J connectivity index is 1.94. The average Bonchev–Trinajstić information content (AvgIpc) is 2.99. The lowest BCUT2D eigenvalue weighted by atomic mass is 9.78. The van der Waals surface area contributed by atoms with Crippen LogP contribution < -0.4 is 0 Å². The number of hydrogen-bond donors (Lipinski definition) is 1. The van der Waals surface area contributed by atoms with Crippen molar-refractivity contribution >= 4 is 11.8 Å². The van der Waals surface area contributed by atoms with Crippen LogP contribution in [0.5, 0.6) is 0 Å². The quantitative estimate of drug-likeness (QED) is 0.654. The zero-order valence-electron chi connectivity index (χ0n) is 9.82. The lowest BCUT2D eigenvalue weighted by Crippen LogP contribution is -2.33. The van der Waals surface area contributed by atoms with Crippen LogP contribution in [-0.2, 0) is 4.79 Å². The zero-order valence-corrected chi connectivity index (χ0v) is 9.82. The molecule has 1 aromatic carbocycles. The molecule has 2 aliphatic rings. The Labute approximate surface area is 105 Å². The van der Waals surface area contributed by atoms with Gasteiger partial charge in [-0.3, -0.25) is 9.59 Å². The number of Topliss-reactive ketones (excluding diaryl/α,β-unsaturated/α-hetero) is 1. The largest absolute Gasteiger partial charge is 0.481 e. The Hall–Kier alpha value is -1.90. The topological polar surface area (TPSA) is 54.4 Å². The second kappa shape index (κ2) is 4.09. The molecule has 1 N–H and O–H groups in total. The molecule has 1 fully saturated rings. The van der Waals surface area contributed by atoms with Gasteiger partial charge in [0.25, 0.3) is 0 Å². The van der Waals surface area contributed by atoms with Gasteiger partial charge < -0.3 is 5.11 Å². The van der Waals surface area contributed by atoms with E-state index in [1.807, 2.05) is 30.4 Å². The van der Waals surface area contributed by atoms with Crippen LogP contribution in [0.25, 0.3) is 0 Å². The maximum absolute atomic E-state index is 12.5. The summed E-state index contributed by atoms with van der Waals surface area (Å²) in [6.07, 6.45) is 4.77. The smallest absolute Gasteiger partial charge is 0.307 e. The highest BCUT2D eigenvalue weighted by atomic mass is 16.4. The van der Waals surface area contributed by atoms with E-state index < -0.39 is 11.9 Å². The SMILES string of the molecule is O=C(c1ccccc1)[C@@H]1[C@@H](C(=O)O)[C@H]2C=C[C@@H]1C2. The predicted octanol–water partition coefficient (Wildman–Crippen LogP) is 2.39. The molecule has 1 aromatic rings. The summed E-state index contributed by atoms with van der Waals surface area (Å²) in [7, 11) is 0. The fourth-order valence-electron chi connectivity index (χ4n) is 3.31. The standard InChI is InChI=1S/C15H14O3/c16-14(9-4-2-1-3-5-9)12-10-6-7-11(8-10)13(12)15(17)18/h1-7,10-13H,8H2,(H,17,18)/t10-,11+,12+,13+/m1/s1. The fourth-order valence-corrected chi connectivity index (χ4v) is 3.31. The van der Waals surface area contributed by atoms with Crippen molar-refractivity contribution in [2.24, 2.45) is 23.7 Å². The maximum Gasteiger partial charge on any atom is 0.307 e. The second-order valence-electron chi connectivity index (χ2n) is 5.07. The van der Waals surface area contributed by atoms with E-state index in [0.717, 1.165) is 6.42 Å². The molecular weight excluding hydrogens is 228 g/mol. The van der Waals surface area contributed by atoms with Crippen molar-refractivity contribution in [1.29, 1.82) is 0 Å². The van der Waals surface area contributed by atoms with Gasteiger partial charge in [-0.05, 0) is 18.3 Å². The number of carbonyl (C=O) groups is 2. The molecule has 0 aromatic heterocycles. The molecule has 3 nitrogen and oxygen atoms in total. The van der Waals surface area contributed by atoms with Gasteiger partial charge in [0.1, 0.15) is 0 Å². The first kappa shape index (κ1) is 11.2. The average molecular weight is 242 g/mol. The van der Waals surface area contributed by atoms with E-state index in [1.54, 1.807) is 12.1 Å². The summed E-state index contributed by atoms with van der Waals surface area (Å²) in [5, 5.41) is 9.32. The lowest BCUT2D eigenvalue weighted by Gasteiger charge is -2.23. The van der Waals surface area contributed by atoms with Gasteiger partial charge in [0.15, 0.2) is 5.78 Å². The first-order chi connectivity index (χ1) is 8.68. The molecule has 1 saturated carbocycles. The normalized spacial score (nSPS) is 32.7. The van der Waals surface area contributed by atoms with Gasteiger partial charge in [-0.2, -0.15) is 0 Å². The van der Waals surface area contributed by atoms with Crippen LogP contribution in [0, 0.1) is 23.7 Å². The summed E-state index contributed by atoms with van der Waals surface area (Å²) >= 11 is 0. The monoisotopic (exact) mass is 242 g/mol. The highest BCUT2D eigenvalue weighted by molar-refractivity contribution is 6.00. The molecule has 0 aliphatic heterocycles. The summed E-state index contributed by atoms with van der Waals surface area (Å²) in [4.78, 5) is 23.8. The Kier molecular flexibility index (Phi) is 2.54. The molecule has 18 heavy (non-hydrogen) atoms. The molecule has 0 spiro atoms. The van der Waals surface area contributed by atoms with Crippen LogP contribution in [0.2, 0.25) is 0 Å². The Morgan fingerprint density at radius 1 is 1.00 bits per heavy atom. The number of benzene rings is 1. The number of aliphatic carboxylic acids is 1. The van der Waals surface area contributed by atoms with Gasteiger partial charge >= 0.3 is 5.97 Å². The van der Waals surface area contributed by atoms with Crippen LogP contribution in [-0.4, -0.2) is 16.9 Å². The fraction of sp³-hybridized carbons (Fsp3) is 0.333. The highest BCUT2D eigenvalue weighted by Gasteiger charge is 2.51. The Morgan fingerprint density at radius 2 is 1.61 bits per heavy atom. The number of carboxylic acid groups (broad SMARTS) is 1. The number of ketones is 1. The second-order valence-corrected chi connectivity index (χ2v) is 5.07. The van der Waals surface area contributed by atoms with Gasteiger partial charge in [0.2, 0.25) is 0 Å². The van der Waals surface area contributed by atoms with Crippen LogP contribution in [0.4, 0.5) is 0 Å². The van der Waals surface area contributed by atoms with Crippen molar-refractivity contribution in [3.05, 3.63) is 48.0 Å². The molecule has 92 valence electrons. The maximum atomic E-state index is 12.5. The van der Waals surface area contributed by atoms with E-state index >= 15 is 0 Å². The molecular formula is C15H14O3. The Morgan fingerprint density at radius 3 is 2.22 bits per heavy atom. The number of carbonyl (C=O) groups excluding carboxylic acids is 1. The van der Waals surface area contributed by atoms with Crippen molar-refractivity contribution in [2.45, 2.75) is 6.42 Å². The first-order valence-electron chi connectivity index (χ1n) is 6.19. The van der Waals surface area contributed by atoms with E-state index in [-0.39, 0.29) is 23.5 Å². The molecule has 3 rings (SSSR count). The van der Waals surface area contributed by atoms with Crippen molar-refractivity contribution < 1.29 is 14.7 Å². The van der Waals surface area contributed by atoms with Crippen LogP contribution >= 0.6 is 0 Å². The van der Waals surface area contributed by atoms with E-state index in [2.05, 4.69) is 0 Å². The minimum Gasteiger partial charge on any atom is -0.481 e. The number of hydrogen-bond acceptors (Lipinski definition) is 2. The highest BCUT2D eigenvalue weighted by Crippen LogP contribution is 2.49. The Bertz CT molecular complexity index is 518. The number of allylic oxidation sites excluding steroid dienone is 2. The van der Waals surface area contributed by atoms with Gasteiger partial charge in [-0.1, -0.05) is 42.5 Å². The van der Waals surface area contributed by atoms with Crippen molar-refractivity contribution in [3.8, 4) is 0 Å². The van der Waals surface area contributed by atoms with Crippen LogP contribution in [0.15, 0.2) is 42.5 Å². The van der Waals surface area contributed by atoms with Gasteiger partial charge in [-0.15, -0.1) is 0 Å². The molecule has 0 heterocycles. The minimum absolute atomic E-state index is 0.0279. The van der Waals surface area contributed by atoms with E-state index in [1.165, 1.54) is 0 Å². The van der Waals surface area contributed by atoms with E-state index in [9.17, 15) is 14.7 Å². The molecule has 2 aliphatic carbocycles. The lowest BCUT2D eigenvalue weighted by molar-refractivity contribution is -0.143. The first-order valence-corrected chi connectivity index (χ1v) is 6.19. The molecule has 0 unspecified atom stereocenters. The van der Waals surface area contributed by atoms with Gasteiger partial charge in [0.05, 0.1) is 5.92 Å². The molecule has 0 saturated heterocycles. The van der Waals surface area contributed by atoms with Crippen molar-refractivity contribution in [2.75, 3.05) is 0 Å². The zero-order chi connectivity index (χ0) is 12.7. The van der Waals surface area contributed by atoms with Gasteiger partial charge in [-0.25, -0.2) is 0 Å². The number of carboxylic acids is 1. The third-order valence-corrected chi connectivity index (χ3v) is 4.11. The number of rotatable bonds is 3. The summed E-state index contributed by atoms with van der Waals surface area (Å²) < 4.78 is 0. The summed E-state index contributed by atoms with van der Waals surface area (Å²) in [6, 6.07) is 9.00. The molecule has 4 atom stereocenters. The van der Waals surface area contributed by atoms with E-state index in [0.29, 0.717) is 5.56 Å². The summed E-state index contributed by atoms with van der Waals surface area (Å²) in [6.45, 7) is 0. The van der Waals surface area contributed by atoms with Gasteiger partial charge in [0, 0.05) is 11.5 Å². The van der Waals surface area contributed by atoms with Crippen molar-refractivity contribution in [1.82, 2.24) is 0 Å². The molecule has 2 bridgehead atoms. The van der Waals surface area contributed by atoms with Crippen molar-refractivity contribution in [3.63, 3.8) is 0 Å². The predicted molar refractivity (Wildman–Crippen MR) is 66.1 cm³/mol. The summed E-state index contributed by atoms with van der Waals surface area (Å²) in [5.41, 5.74) is 0.620. The van der Waals surface area contributed by atoms with E-state index in [4.69, 9.17) is 0 Å². The molecule has 0 amide bonds. The third-order valence-electron chi connectivity index (χ3n) is 4.11. The van der Waals surface area contributed by atoms with Crippen LogP contribution in [0.1, 0.15) is 16.8 Å². The minimum atomic E-state index is -0.846. The third kappa shape index (κ3) is 1.58. The molecule has 3 heteroatoms. The molecule has 0 radical (unpaired) electrons. The van der Waals surface area contributed by atoms with Crippen LogP contribution in [0.3, 0.4) is 0 Å². The number of fused-ring (bicyclic) bond motifs is 2. The summed E-state index contributed by atoms with van der Waals surface area (Å²) in [5.74, 6) is -1.68.